The molecule has 0 atom stereocenters. The lowest BCUT2D eigenvalue weighted by molar-refractivity contribution is 0.590. The Morgan fingerprint density at radius 3 is 1.20 bits per heavy atom. The van der Waals surface area contributed by atoms with Gasteiger partial charge >= 0.3 is 0 Å². The van der Waals surface area contributed by atoms with Crippen molar-refractivity contribution in [2.45, 2.75) is 105 Å². The van der Waals surface area contributed by atoms with Crippen molar-refractivity contribution < 1.29 is 0 Å². The second-order valence-electron chi connectivity index (χ2n) is 24.5. The van der Waals surface area contributed by atoms with Gasteiger partial charge in [-0.1, -0.05) is 156 Å². The zero-order valence-electron chi connectivity index (χ0n) is 45.7. The second kappa shape index (κ2) is 18.0. The maximum absolute atomic E-state index is 10.6. The molecule has 0 aliphatic heterocycles. The zero-order valence-corrected chi connectivity index (χ0v) is 45.7. The van der Waals surface area contributed by atoms with Crippen LogP contribution in [0.2, 0.25) is 0 Å². The molecule has 0 N–H and O–H groups in total. The Hall–Kier alpha value is -8.65. The quantitative estimate of drug-likeness (QED) is 0.165. The van der Waals surface area contributed by atoms with E-state index >= 15 is 0 Å². The average Bonchev–Trinajstić information content (AvgIpc) is 3.91. The summed E-state index contributed by atoms with van der Waals surface area (Å²) in [5.74, 6) is 1.42. The number of nitrogens with zero attached hydrogens (tertiary/aromatic N) is 7. The van der Waals surface area contributed by atoms with Gasteiger partial charge in [0.1, 0.15) is 0 Å². The Balaban J connectivity index is 1.23. The SMILES string of the molecule is CC(C)(C)c1ccc2c(c1)c1cc(C(C)(C)C)ccc1n2-c1ccc(C#N)cc1-c1nc(-c2ccccc2)nc(-c2ccc(-c3cccc(C#N)c3)cc2-n2c3ccc(C(C)(C)C)cc3c3cc(C(C)(C)C)ccc32)n1. The van der Waals surface area contributed by atoms with Crippen molar-refractivity contribution in [3.05, 3.63) is 197 Å². The highest BCUT2D eigenvalue weighted by Gasteiger charge is 2.27. The Bertz CT molecular complexity index is 4080. The van der Waals surface area contributed by atoms with Gasteiger partial charge in [-0.15, -0.1) is 0 Å². The van der Waals surface area contributed by atoms with Gasteiger partial charge in [-0.2, -0.15) is 10.5 Å². The molecule has 0 saturated carbocycles. The second-order valence-corrected chi connectivity index (χ2v) is 24.5. The van der Waals surface area contributed by atoms with Gasteiger partial charge in [0.25, 0.3) is 0 Å². The monoisotopic (exact) mass is 990 g/mol. The highest BCUT2D eigenvalue weighted by molar-refractivity contribution is 6.12. The predicted molar refractivity (Wildman–Crippen MR) is 314 cm³/mol. The molecule has 7 nitrogen and oxygen atoms in total. The first-order chi connectivity index (χ1) is 36.1. The van der Waals surface area contributed by atoms with Crippen LogP contribution in [0.15, 0.2) is 164 Å². The average molecular weight is 990 g/mol. The number of aromatic nitrogens is 5. The van der Waals surface area contributed by atoms with Gasteiger partial charge in [0.05, 0.1) is 56.7 Å². The first kappa shape index (κ1) is 49.6. The lowest BCUT2D eigenvalue weighted by atomic mass is 9.85. The molecule has 76 heavy (non-hydrogen) atoms. The molecule has 0 amide bonds. The van der Waals surface area contributed by atoms with Crippen molar-refractivity contribution in [2.24, 2.45) is 0 Å². The maximum Gasteiger partial charge on any atom is 0.166 e. The molecule has 11 aromatic rings. The zero-order chi connectivity index (χ0) is 53.6. The Kier molecular flexibility index (Phi) is 11.8. The van der Waals surface area contributed by atoms with E-state index < -0.39 is 0 Å². The fourth-order valence-electron chi connectivity index (χ4n) is 10.6. The van der Waals surface area contributed by atoms with Crippen LogP contribution in [0.3, 0.4) is 0 Å². The van der Waals surface area contributed by atoms with Crippen LogP contribution >= 0.6 is 0 Å². The van der Waals surface area contributed by atoms with E-state index in [4.69, 9.17) is 15.0 Å². The number of nitriles is 2. The van der Waals surface area contributed by atoms with Crippen molar-refractivity contribution >= 4 is 43.6 Å². The third-order valence-electron chi connectivity index (χ3n) is 15.1. The summed E-state index contributed by atoms with van der Waals surface area (Å²) in [5.41, 5.74) is 15.9. The van der Waals surface area contributed by atoms with Gasteiger partial charge < -0.3 is 9.13 Å². The van der Waals surface area contributed by atoms with Crippen LogP contribution in [-0.2, 0) is 21.7 Å². The number of benzene rings is 8. The topological polar surface area (TPSA) is 96.1 Å². The van der Waals surface area contributed by atoms with Crippen molar-refractivity contribution in [1.82, 2.24) is 24.1 Å². The molecule has 374 valence electrons. The summed E-state index contributed by atoms with van der Waals surface area (Å²) in [6, 6.07) is 62.3. The van der Waals surface area contributed by atoms with Crippen molar-refractivity contribution in [3.63, 3.8) is 0 Å². The fraction of sp³-hybridized carbons (Fsp3) is 0.232. The van der Waals surface area contributed by atoms with Crippen LogP contribution < -0.4 is 0 Å². The third kappa shape index (κ3) is 8.80. The molecule has 0 aliphatic carbocycles. The normalized spacial score (nSPS) is 12.4. The smallest absolute Gasteiger partial charge is 0.166 e. The molecule has 0 spiro atoms. The molecule has 0 aliphatic rings. The molecular weight excluding hydrogens is 927 g/mol. The van der Waals surface area contributed by atoms with Crippen molar-refractivity contribution in [1.29, 1.82) is 10.5 Å². The van der Waals surface area contributed by atoms with E-state index in [1.165, 1.54) is 22.3 Å². The molecule has 11 rings (SSSR count). The van der Waals surface area contributed by atoms with Gasteiger partial charge in [0, 0.05) is 38.2 Å². The van der Waals surface area contributed by atoms with E-state index in [0.29, 0.717) is 34.2 Å². The molecule has 0 radical (unpaired) electrons. The number of fused-ring (bicyclic) bond motifs is 6. The van der Waals surface area contributed by atoms with Crippen LogP contribution in [0.25, 0.3) is 100 Å². The van der Waals surface area contributed by atoms with E-state index in [0.717, 1.165) is 77.2 Å². The van der Waals surface area contributed by atoms with E-state index in [2.05, 4.69) is 201 Å². The molecule has 7 heteroatoms. The van der Waals surface area contributed by atoms with E-state index in [1.807, 2.05) is 66.7 Å². The highest BCUT2D eigenvalue weighted by Crippen LogP contribution is 2.44. The van der Waals surface area contributed by atoms with Crippen LogP contribution in [0.5, 0.6) is 0 Å². The Morgan fingerprint density at radius 2 is 0.737 bits per heavy atom. The number of hydrogen-bond donors (Lipinski definition) is 0. The summed E-state index contributed by atoms with van der Waals surface area (Å²) in [5, 5.41) is 25.3. The standard InChI is InChI=1S/C69H63N7/c1-66(2,3)47-23-29-57-52(36-47)53-37-48(67(4,5)6)24-30-58(53)75(57)61-28-21-43(41-71)34-56(61)65-73-63(44-18-14-13-15-19-44)72-64(74-65)51-27-22-46(45-20-16-17-42(33-45)40-70)35-62(51)76-59-31-25-49(68(7,8)9)38-54(59)55-39-50(69(10,11)12)26-32-60(55)76/h13-39H,1-12H3. The van der Waals surface area contributed by atoms with E-state index in [9.17, 15) is 10.5 Å². The largest absolute Gasteiger partial charge is 0.308 e. The van der Waals surface area contributed by atoms with Crippen LogP contribution in [-0.4, -0.2) is 24.1 Å². The van der Waals surface area contributed by atoms with E-state index in [1.54, 1.807) is 0 Å². The van der Waals surface area contributed by atoms with Gasteiger partial charge in [-0.3, -0.25) is 0 Å². The summed E-state index contributed by atoms with van der Waals surface area (Å²) < 4.78 is 4.68. The van der Waals surface area contributed by atoms with Gasteiger partial charge in [-0.05, 0) is 146 Å². The summed E-state index contributed by atoms with van der Waals surface area (Å²) in [6.45, 7) is 27.1. The summed E-state index contributed by atoms with van der Waals surface area (Å²) in [4.78, 5) is 16.3. The molecule has 0 unspecified atom stereocenters. The first-order valence-electron chi connectivity index (χ1n) is 26.3. The molecular formula is C69H63N7. The van der Waals surface area contributed by atoms with Crippen LogP contribution in [0.4, 0.5) is 0 Å². The van der Waals surface area contributed by atoms with E-state index in [-0.39, 0.29) is 21.7 Å². The lowest BCUT2D eigenvalue weighted by Crippen LogP contribution is -2.10. The molecule has 3 aromatic heterocycles. The minimum Gasteiger partial charge on any atom is -0.308 e. The molecule has 0 bridgehead atoms. The summed E-state index contributed by atoms with van der Waals surface area (Å²) in [6.07, 6.45) is 0. The van der Waals surface area contributed by atoms with Crippen LogP contribution in [0.1, 0.15) is 116 Å². The molecule has 3 heterocycles. The number of hydrogen-bond acceptors (Lipinski definition) is 5. The maximum atomic E-state index is 10.6. The minimum absolute atomic E-state index is 0.0688. The highest BCUT2D eigenvalue weighted by atomic mass is 15.1. The molecule has 0 fully saturated rings. The third-order valence-corrected chi connectivity index (χ3v) is 15.1. The lowest BCUT2D eigenvalue weighted by Gasteiger charge is -2.20. The Morgan fingerprint density at radius 1 is 0.329 bits per heavy atom. The molecule has 8 aromatic carbocycles. The summed E-state index contributed by atoms with van der Waals surface area (Å²) >= 11 is 0. The van der Waals surface area contributed by atoms with Crippen molar-refractivity contribution in [2.75, 3.05) is 0 Å². The van der Waals surface area contributed by atoms with Crippen LogP contribution in [0, 0.1) is 22.7 Å². The Labute approximate surface area is 446 Å². The van der Waals surface area contributed by atoms with Gasteiger partial charge in [-0.25, -0.2) is 15.0 Å². The fourth-order valence-corrected chi connectivity index (χ4v) is 10.6. The van der Waals surface area contributed by atoms with Gasteiger partial charge in [0.15, 0.2) is 17.5 Å². The molecule has 0 saturated heterocycles. The van der Waals surface area contributed by atoms with Crippen molar-refractivity contribution in [3.8, 4) is 68.8 Å². The number of rotatable bonds is 6. The first-order valence-corrected chi connectivity index (χ1v) is 26.3. The summed E-state index contributed by atoms with van der Waals surface area (Å²) in [7, 11) is 0. The van der Waals surface area contributed by atoms with Gasteiger partial charge in [0.2, 0.25) is 0 Å². The predicted octanol–water partition coefficient (Wildman–Crippen LogP) is 17.7. The minimum atomic E-state index is -0.0815.